The van der Waals surface area contributed by atoms with Crippen molar-refractivity contribution in [3.8, 4) is 0 Å². The Labute approximate surface area is 100 Å². The third-order valence-corrected chi connectivity index (χ3v) is 2.10. The van der Waals surface area contributed by atoms with Crippen molar-refractivity contribution in [3.05, 3.63) is 23.3 Å². The van der Waals surface area contributed by atoms with E-state index in [-0.39, 0.29) is 0 Å². The third kappa shape index (κ3) is 8.21. The Hall–Kier alpha value is -1.62. The predicted molar refractivity (Wildman–Crippen MR) is 62.8 cm³/mol. The molecule has 0 aromatic heterocycles. The number of rotatable bonds is 8. The maximum absolute atomic E-state index is 10.4. The summed E-state index contributed by atoms with van der Waals surface area (Å²) in [6, 6.07) is 0. The van der Waals surface area contributed by atoms with Gasteiger partial charge < -0.3 is 14.9 Å². The van der Waals surface area contributed by atoms with E-state index < -0.39 is 11.9 Å². The number of carbonyl (C=O) groups is 2. The lowest BCUT2D eigenvalue weighted by atomic mass is 10.2. The number of aliphatic carboxylic acids is 2. The molecule has 0 aromatic rings. The summed E-state index contributed by atoms with van der Waals surface area (Å²) in [4.78, 5) is 20.9. The number of ether oxygens (including phenoxy) is 1. The van der Waals surface area contributed by atoms with Gasteiger partial charge in [0, 0.05) is 11.1 Å². The fourth-order valence-electron chi connectivity index (χ4n) is 0.994. The number of carboxylic acid groups (broad SMARTS) is 2. The van der Waals surface area contributed by atoms with Crippen LogP contribution in [0.25, 0.3) is 0 Å². The molecule has 5 heteroatoms. The smallest absolute Gasteiger partial charge is 0.330 e. The van der Waals surface area contributed by atoms with Crippen LogP contribution in [0.5, 0.6) is 0 Å². The Morgan fingerprint density at radius 3 is 1.59 bits per heavy atom. The predicted octanol–water partition coefficient (Wildman–Crippen LogP) is 1.85. The number of hydrogen-bond donors (Lipinski definition) is 2. The molecular formula is C12H18O5. The van der Waals surface area contributed by atoms with E-state index in [0.717, 1.165) is 0 Å². The lowest BCUT2D eigenvalue weighted by Crippen LogP contribution is -2.00. The molecule has 0 aromatic carbocycles. The molecule has 0 aliphatic heterocycles. The normalized spacial score (nSPS) is 12.6. The van der Waals surface area contributed by atoms with E-state index in [1.54, 1.807) is 12.2 Å². The van der Waals surface area contributed by atoms with Gasteiger partial charge in [0.05, 0.1) is 13.2 Å². The first-order valence-corrected chi connectivity index (χ1v) is 5.33. The number of hydrogen-bond acceptors (Lipinski definition) is 3. The average Bonchev–Trinajstić information content (AvgIpc) is 2.26. The van der Waals surface area contributed by atoms with Crippen molar-refractivity contribution < 1.29 is 24.5 Å². The zero-order valence-electron chi connectivity index (χ0n) is 10.1. The molecule has 5 nitrogen and oxygen atoms in total. The van der Waals surface area contributed by atoms with Crippen LogP contribution >= 0.6 is 0 Å². The molecule has 0 spiro atoms. The molecule has 0 rings (SSSR count). The van der Waals surface area contributed by atoms with Crippen molar-refractivity contribution in [2.75, 3.05) is 13.2 Å². The van der Waals surface area contributed by atoms with E-state index >= 15 is 0 Å². The molecule has 0 aliphatic carbocycles. The summed E-state index contributed by atoms with van der Waals surface area (Å²) in [5.74, 6) is -1.85. The molecule has 96 valence electrons. The van der Waals surface area contributed by atoms with Crippen LogP contribution in [0, 0.1) is 0 Å². The van der Waals surface area contributed by atoms with Crippen LogP contribution in [0.15, 0.2) is 23.3 Å². The van der Waals surface area contributed by atoms with E-state index in [9.17, 15) is 9.59 Å². The number of carboxylic acids is 2. The van der Waals surface area contributed by atoms with Crippen LogP contribution in [0.2, 0.25) is 0 Å². The highest BCUT2D eigenvalue weighted by Gasteiger charge is 1.99. The standard InChI is InChI=1S/C12H18O5/c1-9(11(13)14)5-3-7-17-8-4-6-10(2)12(15)16/h5-6H,3-4,7-8H2,1-2H3,(H,13,14)(H,15,16). The Kier molecular flexibility index (Phi) is 7.71. The molecular weight excluding hydrogens is 224 g/mol. The van der Waals surface area contributed by atoms with Gasteiger partial charge in [-0.25, -0.2) is 9.59 Å². The van der Waals surface area contributed by atoms with Gasteiger partial charge in [-0.3, -0.25) is 0 Å². The van der Waals surface area contributed by atoms with Crippen LogP contribution in [-0.2, 0) is 14.3 Å². The van der Waals surface area contributed by atoms with Gasteiger partial charge in [-0.2, -0.15) is 0 Å². The highest BCUT2D eigenvalue weighted by Crippen LogP contribution is 1.98. The zero-order chi connectivity index (χ0) is 13.3. The Bertz CT molecular complexity index is 296. The first-order chi connectivity index (χ1) is 7.95. The summed E-state index contributed by atoms with van der Waals surface area (Å²) < 4.78 is 5.22. The highest BCUT2D eigenvalue weighted by atomic mass is 16.5. The Morgan fingerprint density at radius 2 is 1.29 bits per heavy atom. The van der Waals surface area contributed by atoms with Crippen molar-refractivity contribution in [1.82, 2.24) is 0 Å². The van der Waals surface area contributed by atoms with Gasteiger partial charge >= 0.3 is 11.9 Å². The first-order valence-electron chi connectivity index (χ1n) is 5.33. The van der Waals surface area contributed by atoms with Crippen LogP contribution < -0.4 is 0 Å². The van der Waals surface area contributed by atoms with E-state index in [1.165, 1.54) is 13.8 Å². The Morgan fingerprint density at radius 1 is 0.941 bits per heavy atom. The van der Waals surface area contributed by atoms with E-state index in [2.05, 4.69) is 0 Å². The quantitative estimate of drug-likeness (QED) is 0.501. The molecule has 0 saturated heterocycles. The summed E-state index contributed by atoms with van der Waals surface area (Å²) in [7, 11) is 0. The van der Waals surface area contributed by atoms with Crippen molar-refractivity contribution in [3.63, 3.8) is 0 Å². The summed E-state index contributed by atoms with van der Waals surface area (Å²) in [5, 5.41) is 17.1. The first kappa shape index (κ1) is 15.4. The second kappa shape index (κ2) is 8.52. The molecule has 0 aliphatic rings. The van der Waals surface area contributed by atoms with Crippen molar-refractivity contribution >= 4 is 11.9 Å². The minimum Gasteiger partial charge on any atom is -0.478 e. The summed E-state index contributed by atoms with van der Waals surface area (Å²) in [6.45, 7) is 3.93. The second-order valence-electron chi connectivity index (χ2n) is 3.57. The van der Waals surface area contributed by atoms with Crippen molar-refractivity contribution in [2.24, 2.45) is 0 Å². The van der Waals surface area contributed by atoms with Crippen LogP contribution in [0.4, 0.5) is 0 Å². The molecule has 17 heavy (non-hydrogen) atoms. The molecule has 0 atom stereocenters. The van der Waals surface area contributed by atoms with Gasteiger partial charge in [-0.05, 0) is 26.7 Å². The largest absolute Gasteiger partial charge is 0.478 e. The van der Waals surface area contributed by atoms with Gasteiger partial charge in [0.2, 0.25) is 0 Å². The zero-order valence-corrected chi connectivity index (χ0v) is 10.1. The van der Waals surface area contributed by atoms with Crippen LogP contribution in [0.1, 0.15) is 26.7 Å². The van der Waals surface area contributed by atoms with Gasteiger partial charge in [0.15, 0.2) is 0 Å². The van der Waals surface area contributed by atoms with Crippen LogP contribution in [-0.4, -0.2) is 35.4 Å². The average molecular weight is 242 g/mol. The van der Waals surface area contributed by atoms with E-state index in [1.807, 2.05) is 0 Å². The second-order valence-corrected chi connectivity index (χ2v) is 3.57. The van der Waals surface area contributed by atoms with E-state index in [0.29, 0.717) is 37.2 Å². The molecule has 0 radical (unpaired) electrons. The van der Waals surface area contributed by atoms with Gasteiger partial charge in [-0.1, -0.05) is 12.2 Å². The lowest BCUT2D eigenvalue weighted by molar-refractivity contribution is -0.133. The third-order valence-electron chi connectivity index (χ3n) is 2.10. The fourth-order valence-corrected chi connectivity index (χ4v) is 0.994. The molecule has 0 unspecified atom stereocenters. The molecule has 0 bridgehead atoms. The van der Waals surface area contributed by atoms with Crippen LogP contribution in [0.3, 0.4) is 0 Å². The van der Waals surface area contributed by atoms with Crippen molar-refractivity contribution in [1.29, 1.82) is 0 Å². The Balaban J connectivity index is 3.61. The topological polar surface area (TPSA) is 83.8 Å². The highest BCUT2D eigenvalue weighted by molar-refractivity contribution is 5.86. The molecule has 0 saturated carbocycles. The fraction of sp³-hybridized carbons (Fsp3) is 0.500. The minimum atomic E-state index is -0.926. The van der Waals surface area contributed by atoms with Gasteiger partial charge in [0.25, 0.3) is 0 Å². The lowest BCUT2D eigenvalue weighted by Gasteiger charge is -2.00. The minimum absolute atomic E-state index is 0.301. The monoisotopic (exact) mass is 242 g/mol. The summed E-state index contributed by atoms with van der Waals surface area (Å²) >= 11 is 0. The summed E-state index contributed by atoms with van der Waals surface area (Å²) in [6.07, 6.45) is 4.28. The molecule has 0 fully saturated rings. The maximum Gasteiger partial charge on any atom is 0.330 e. The maximum atomic E-state index is 10.4. The SMILES string of the molecule is CC(=CCCOCCC=C(C)C(=O)O)C(=O)O. The molecule has 0 heterocycles. The van der Waals surface area contributed by atoms with Gasteiger partial charge in [-0.15, -0.1) is 0 Å². The van der Waals surface area contributed by atoms with Crippen molar-refractivity contribution in [2.45, 2.75) is 26.7 Å². The summed E-state index contributed by atoms with van der Waals surface area (Å²) in [5.41, 5.74) is 0.602. The van der Waals surface area contributed by atoms with E-state index in [4.69, 9.17) is 14.9 Å². The van der Waals surface area contributed by atoms with Gasteiger partial charge in [0.1, 0.15) is 0 Å². The molecule has 0 amide bonds. The molecule has 2 N–H and O–H groups in total.